The number of thioether (sulfide) groups is 1. The molecule has 0 aromatic carbocycles. The van der Waals surface area contributed by atoms with Crippen LogP contribution in [-0.2, 0) is 0 Å². The van der Waals surface area contributed by atoms with Gasteiger partial charge >= 0.3 is 0 Å². The summed E-state index contributed by atoms with van der Waals surface area (Å²) >= 11 is 2.14. The zero-order valence-corrected chi connectivity index (χ0v) is 10.5. The minimum absolute atomic E-state index is 0.917. The second-order valence-corrected chi connectivity index (χ2v) is 5.15. The molecule has 0 aliphatic rings. The van der Waals surface area contributed by atoms with Gasteiger partial charge in [-0.05, 0) is 23.8 Å². The Kier molecular flexibility index (Phi) is 10.7. The maximum atomic E-state index is 2.35. The lowest BCUT2D eigenvalue weighted by atomic mass is 10.2. The quantitative estimate of drug-likeness (QED) is 0.487. The van der Waals surface area contributed by atoms with Crippen LogP contribution >= 0.6 is 11.8 Å². The van der Waals surface area contributed by atoms with Crippen molar-refractivity contribution in [1.29, 1.82) is 0 Å². The molecule has 80 valence electrons. The highest BCUT2D eigenvalue weighted by molar-refractivity contribution is 7.99. The number of hydrogen-bond acceptors (Lipinski definition) is 1. The first-order valence-corrected chi connectivity index (χ1v) is 7.04. The second-order valence-electron chi connectivity index (χ2n) is 4.00. The minimum atomic E-state index is 0.917. The van der Waals surface area contributed by atoms with Crippen molar-refractivity contribution in [2.24, 2.45) is 5.92 Å². The number of rotatable bonds is 9. The van der Waals surface area contributed by atoms with Crippen LogP contribution in [0.1, 0.15) is 59.3 Å². The van der Waals surface area contributed by atoms with Gasteiger partial charge in [0.05, 0.1) is 0 Å². The molecule has 0 fully saturated rings. The molecule has 0 aliphatic carbocycles. The molecule has 1 atom stereocenters. The monoisotopic (exact) mass is 202 g/mol. The molecule has 0 bridgehead atoms. The van der Waals surface area contributed by atoms with E-state index in [0.717, 1.165) is 5.92 Å². The van der Waals surface area contributed by atoms with E-state index in [0.29, 0.717) is 0 Å². The fourth-order valence-corrected chi connectivity index (χ4v) is 2.42. The van der Waals surface area contributed by atoms with E-state index in [2.05, 4.69) is 32.5 Å². The molecular formula is C12H26S. The minimum Gasteiger partial charge on any atom is -0.162 e. The van der Waals surface area contributed by atoms with Gasteiger partial charge in [-0.3, -0.25) is 0 Å². The zero-order chi connectivity index (χ0) is 9.94. The van der Waals surface area contributed by atoms with Crippen LogP contribution in [0.5, 0.6) is 0 Å². The van der Waals surface area contributed by atoms with Crippen LogP contribution in [0.25, 0.3) is 0 Å². The molecule has 0 nitrogen and oxygen atoms in total. The Labute approximate surface area is 88.9 Å². The van der Waals surface area contributed by atoms with Crippen molar-refractivity contribution in [3.8, 4) is 0 Å². The predicted octanol–water partition coefficient (Wildman–Crippen LogP) is 4.74. The predicted molar refractivity (Wildman–Crippen MR) is 65.5 cm³/mol. The normalized spacial score (nSPS) is 13.2. The van der Waals surface area contributed by atoms with E-state index in [1.807, 2.05) is 0 Å². The molecule has 0 N–H and O–H groups in total. The van der Waals surface area contributed by atoms with E-state index in [9.17, 15) is 0 Å². The lowest BCUT2D eigenvalue weighted by molar-refractivity contribution is 0.634. The Morgan fingerprint density at radius 3 is 2.31 bits per heavy atom. The number of unbranched alkanes of at least 4 members (excludes halogenated alkanes) is 4. The molecule has 0 amide bonds. The van der Waals surface area contributed by atoms with Gasteiger partial charge in [-0.1, -0.05) is 52.9 Å². The molecule has 1 heteroatoms. The Hall–Kier alpha value is 0.350. The summed E-state index contributed by atoms with van der Waals surface area (Å²) in [5.41, 5.74) is 0. The third-order valence-electron chi connectivity index (χ3n) is 2.49. The van der Waals surface area contributed by atoms with Crippen molar-refractivity contribution in [2.75, 3.05) is 11.5 Å². The topological polar surface area (TPSA) is 0 Å². The zero-order valence-electron chi connectivity index (χ0n) is 9.64. The van der Waals surface area contributed by atoms with Crippen LogP contribution in [-0.4, -0.2) is 11.5 Å². The highest BCUT2D eigenvalue weighted by Crippen LogP contribution is 2.13. The molecule has 0 heterocycles. The van der Waals surface area contributed by atoms with Crippen molar-refractivity contribution in [1.82, 2.24) is 0 Å². The van der Waals surface area contributed by atoms with Gasteiger partial charge in [0, 0.05) is 0 Å². The lowest BCUT2D eigenvalue weighted by Crippen LogP contribution is -1.96. The summed E-state index contributed by atoms with van der Waals surface area (Å²) in [6, 6.07) is 0. The van der Waals surface area contributed by atoms with Gasteiger partial charge in [-0.2, -0.15) is 11.8 Å². The first-order valence-electron chi connectivity index (χ1n) is 5.89. The molecule has 0 aromatic heterocycles. The van der Waals surface area contributed by atoms with Crippen LogP contribution in [0.4, 0.5) is 0 Å². The molecule has 0 aromatic rings. The van der Waals surface area contributed by atoms with Crippen LogP contribution in [0.15, 0.2) is 0 Å². The summed E-state index contributed by atoms with van der Waals surface area (Å²) in [5.74, 6) is 3.67. The van der Waals surface area contributed by atoms with E-state index >= 15 is 0 Å². The van der Waals surface area contributed by atoms with Crippen molar-refractivity contribution in [3.63, 3.8) is 0 Å². The van der Waals surface area contributed by atoms with Gasteiger partial charge < -0.3 is 0 Å². The van der Waals surface area contributed by atoms with Crippen molar-refractivity contribution >= 4 is 11.8 Å². The average molecular weight is 202 g/mol. The lowest BCUT2D eigenvalue weighted by Gasteiger charge is -2.07. The highest BCUT2D eigenvalue weighted by atomic mass is 32.2. The van der Waals surface area contributed by atoms with Crippen molar-refractivity contribution in [3.05, 3.63) is 0 Å². The van der Waals surface area contributed by atoms with Crippen LogP contribution in [0.2, 0.25) is 0 Å². The van der Waals surface area contributed by atoms with Crippen LogP contribution < -0.4 is 0 Å². The molecule has 0 saturated carbocycles. The van der Waals surface area contributed by atoms with Gasteiger partial charge in [-0.15, -0.1) is 0 Å². The molecule has 0 aliphatic heterocycles. The summed E-state index contributed by atoms with van der Waals surface area (Å²) in [5, 5.41) is 0. The Morgan fingerprint density at radius 2 is 1.69 bits per heavy atom. The smallest absolute Gasteiger partial charge is 0.00419 e. The summed E-state index contributed by atoms with van der Waals surface area (Å²) in [6.07, 6.45) is 8.45. The van der Waals surface area contributed by atoms with E-state index in [1.165, 1.54) is 50.0 Å². The van der Waals surface area contributed by atoms with Gasteiger partial charge in [0.25, 0.3) is 0 Å². The molecule has 0 spiro atoms. The van der Waals surface area contributed by atoms with Gasteiger partial charge in [0.1, 0.15) is 0 Å². The molecule has 0 radical (unpaired) electrons. The number of hydrogen-bond donors (Lipinski definition) is 0. The maximum Gasteiger partial charge on any atom is -0.00419 e. The average Bonchev–Trinajstić information content (AvgIpc) is 2.16. The van der Waals surface area contributed by atoms with E-state index in [1.54, 1.807) is 0 Å². The Balaban J connectivity index is 2.91. The Morgan fingerprint density at radius 1 is 1.00 bits per heavy atom. The van der Waals surface area contributed by atoms with Crippen LogP contribution in [0.3, 0.4) is 0 Å². The van der Waals surface area contributed by atoms with E-state index in [4.69, 9.17) is 0 Å². The van der Waals surface area contributed by atoms with Gasteiger partial charge in [0.15, 0.2) is 0 Å². The molecule has 1 unspecified atom stereocenters. The van der Waals surface area contributed by atoms with Crippen molar-refractivity contribution in [2.45, 2.75) is 59.3 Å². The fraction of sp³-hybridized carbons (Fsp3) is 1.00. The molecule has 13 heavy (non-hydrogen) atoms. The molecular weight excluding hydrogens is 176 g/mol. The van der Waals surface area contributed by atoms with E-state index < -0.39 is 0 Å². The molecule has 0 rings (SSSR count). The first kappa shape index (κ1) is 13.4. The standard InChI is InChI=1S/C12H26S/c1-4-6-7-8-9-10-13-11-12(3)5-2/h12H,4-11H2,1-3H3. The fourth-order valence-electron chi connectivity index (χ4n) is 1.21. The SMILES string of the molecule is CCCCCCCSCC(C)CC. The van der Waals surface area contributed by atoms with Gasteiger partial charge in [-0.25, -0.2) is 0 Å². The molecule has 0 saturated heterocycles. The Bertz CT molecular complexity index is 91.1. The summed E-state index contributed by atoms with van der Waals surface area (Å²) in [6.45, 7) is 6.91. The summed E-state index contributed by atoms with van der Waals surface area (Å²) in [7, 11) is 0. The largest absolute Gasteiger partial charge is 0.162 e. The van der Waals surface area contributed by atoms with Gasteiger partial charge in [0.2, 0.25) is 0 Å². The third kappa shape index (κ3) is 10.3. The summed E-state index contributed by atoms with van der Waals surface area (Å²) < 4.78 is 0. The maximum absolute atomic E-state index is 2.35. The van der Waals surface area contributed by atoms with Crippen molar-refractivity contribution < 1.29 is 0 Å². The first-order chi connectivity index (χ1) is 6.31. The van der Waals surface area contributed by atoms with E-state index in [-0.39, 0.29) is 0 Å². The highest BCUT2D eigenvalue weighted by Gasteiger charge is 1.97. The summed E-state index contributed by atoms with van der Waals surface area (Å²) in [4.78, 5) is 0. The van der Waals surface area contributed by atoms with Crippen LogP contribution in [0, 0.1) is 5.92 Å². The second kappa shape index (κ2) is 10.4. The third-order valence-corrected chi connectivity index (χ3v) is 3.87.